The molecular weight excluding hydrogens is 180 g/mol. The molecule has 1 saturated heterocycles. The summed E-state index contributed by atoms with van der Waals surface area (Å²) in [6, 6.07) is 0. The van der Waals surface area contributed by atoms with Crippen LogP contribution in [-0.2, 0) is 0 Å². The highest BCUT2D eigenvalue weighted by molar-refractivity contribution is 7.99. The van der Waals surface area contributed by atoms with E-state index in [1.165, 1.54) is 38.1 Å². The average Bonchev–Trinajstić information content (AvgIpc) is 2.89. The number of rotatable bonds is 2. The molecule has 13 heavy (non-hydrogen) atoms. The highest BCUT2D eigenvalue weighted by Gasteiger charge is 2.46. The molecule has 2 aliphatic rings. The minimum absolute atomic E-state index is 0.435. The molecular formula is C10H20N2S. The molecule has 0 aromatic heterocycles. The molecule has 2 rings (SSSR count). The Hall–Kier alpha value is 0.270. The summed E-state index contributed by atoms with van der Waals surface area (Å²) in [5.74, 6) is 1.29. The molecule has 1 aliphatic carbocycles. The van der Waals surface area contributed by atoms with E-state index in [9.17, 15) is 0 Å². The van der Waals surface area contributed by atoms with Crippen LogP contribution >= 0.6 is 11.8 Å². The van der Waals surface area contributed by atoms with Gasteiger partial charge in [0.05, 0.1) is 0 Å². The topological polar surface area (TPSA) is 29.3 Å². The summed E-state index contributed by atoms with van der Waals surface area (Å²) in [6.07, 6.45) is 4.01. The van der Waals surface area contributed by atoms with Crippen molar-refractivity contribution in [3.63, 3.8) is 0 Å². The second kappa shape index (κ2) is 3.79. The van der Waals surface area contributed by atoms with Crippen LogP contribution in [0.5, 0.6) is 0 Å². The van der Waals surface area contributed by atoms with Crippen molar-refractivity contribution in [3.8, 4) is 0 Å². The first-order valence-corrected chi connectivity index (χ1v) is 6.38. The Balaban J connectivity index is 1.92. The lowest BCUT2D eigenvalue weighted by Crippen LogP contribution is -2.44. The smallest absolute Gasteiger partial charge is 0.0333 e. The molecule has 2 fully saturated rings. The van der Waals surface area contributed by atoms with E-state index < -0.39 is 0 Å². The van der Waals surface area contributed by atoms with Crippen LogP contribution in [0.1, 0.15) is 26.2 Å². The first-order chi connectivity index (χ1) is 6.27. The van der Waals surface area contributed by atoms with Crippen molar-refractivity contribution in [1.82, 2.24) is 4.90 Å². The summed E-state index contributed by atoms with van der Waals surface area (Å²) >= 11 is 2.11. The zero-order chi connectivity index (χ0) is 9.31. The molecule has 2 nitrogen and oxygen atoms in total. The van der Waals surface area contributed by atoms with Crippen molar-refractivity contribution in [2.24, 2.45) is 5.73 Å². The van der Waals surface area contributed by atoms with Gasteiger partial charge in [0.1, 0.15) is 0 Å². The second-order valence-corrected chi connectivity index (χ2v) is 5.93. The molecule has 0 spiro atoms. The summed E-state index contributed by atoms with van der Waals surface area (Å²) in [4.78, 5) is 2.64. The van der Waals surface area contributed by atoms with E-state index in [4.69, 9.17) is 5.73 Å². The zero-order valence-electron chi connectivity index (χ0n) is 8.46. The number of thioether (sulfide) groups is 1. The first kappa shape index (κ1) is 9.81. The van der Waals surface area contributed by atoms with Gasteiger partial charge in [0, 0.05) is 29.6 Å². The fraction of sp³-hybridized carbons (Fsp3) is 1.00. The summed E-state index contributed by atoms with van der Waals surface area (Å²) in [6.45, 7) is 5.74. The lowest BCUT2D eigenvalue weighted by molar-refractivity contribution is 0.194. The van der Waals surface area contributed by atoms with E-state index in [-0.39, 0.29) is 0 Å². The number of nitrogens with zero attached hydrogens (tertiary/aromatic N) is 1. The minimum atomic E-state index is 0.435. The third-order valence-electron chi connectivity index (χ3n) is 3.45. The molecule has 2 N–H and O–H groups in total. The molecule has 0 bridgehead atoms. The van der Waals surface area contributed by atoms with E-state index in [2.05, 4.69) is 23.6 Å². The van der Waals surface area contributed by atoms with E-state index >= 15 is 0 Å². The van der Waals surface area contributed by atoms with Crippen LogP contribution in [0.15, 0.2) is 0 Å². The van der Waals surface area contributed by atoms with E-state index in [0.29, 0.717) is 5.54 Å². The monoisotopic (exact) mass is 200 g/mol. The van der Waals surface area contributed by atoms with Gasteiger partial charge < -0.3 is 5.73 Å². The number of hydrogen-bond acceptors (Lipinski definition) is 3. The third kappa shape index (κ3) is 2.03. The van der Waals surface area contributed by atoms with Crippen LogP contribution in [0, 0.1) is 0 Å². The van der Waals surface area contributed by atoms with Crippen LogP contribution in [-0.4, -0.2) is 41.1 Å². The van der Waals surface area contributed by atoms with E-state index in [1.54, 1.807) is 0 Å². The van der Waals surface area contributed by atoms with Gasteiger partial charge in [0.15, 0.2) is 0 Å². The van der Waals surface area contributed by atoms with Crippen molar-refractivity contribution in [2.45, 2.75) is 37.0 Å². The predicted octanol–water partition coefficient (Wildman–Crippen LogP) is 1.31. The van der Waals surface area contributed by atoms with E-state index in [0.717, 1.165) is 11.8 Å². The molecule has 1 atom stereocenters. The normalized spacial score (nSPS) is 34.2. The lowest BCUT2D eigenvalue weighted by atomic mass is 10.2. The minimum Gasteiger partial charge on any atom is -0.329 e. The Morgan fingerprint density at radius 2 is 2.23 bits per heavy atom. The van der Waals surface area contributed by atoms with Gasteiger partial charge in [-0.25, -0.2) is 0 Å². The molecule has 76 valence electrons. The molecule has 1 unspecified atom stereocenters. The van der Waals surface area contributed by atoms with Crippen LogP contribution in [0.3, 0.4) is 0 Å². The summed E-state index contributed by atoms with van der Waals surface area (Å²) in [5, 5.41) is 0.846. The second-order valence-electron chi connectivity index (χ2n) is 4.39. The third-order valence-corrected chi connectivity index (χ3v) is 4.67. The summed E-state index contributed by atoms with van der Waals surface area (Å²) in [5.41, 5.74) is 6.27. The van der Waals surface area contributed by atoms with Crippen molar-refractivity contribution < 1.29 is 0 Å². The van der Waals surface area contributed by atoms with Crippen LogP contribution < -0.4 is 5.73 Å². The molecule has 3 heteroatoms. The molecule has 1 aliphatic heterocycles. The molecule has 0 aromatic rings. The molecule has 1 saturated carbocycles. The Bertz CT molecular complexity index is 180. The van der Waals surface area contributed by atoms with Gasteiger partial charge in [-0.3, -0.25) is 4.90 Å². The van der Waals surface area contributed by atoms with Crippen molar-refractivity contribution in [1.29, 1.82) is 0 Å². The Kier molecular flexibility index (Phi) is 2.86. The SMILES string of the molecule is CC1CCN(C2(CN)CC2)CCS1. The predicted molar refractivity (Wildman–Crippen MR) is 59.1 cm³/mol. The highest BCUT2D eigenvalue weighted by Crippen LogP contribution is 2.41. The van der Waals surface area contributed by atoms with E-state index in [1.807, 2.05) is 0 Å². The standard InChI is InChI=1S/C10H20N2S/c1-9-2-5-12(6-7-13-9)10(8-11)3-4-10/h9H,2-8,11H2,1H3. The summed E-state index contributed by atoms with van der Waals surface area (Å²) < 4.78 is 0. The van der Waals surface area contributed by atoms with Gasteiger partial charge in [0.25, 0.3) is 0 Å². The maximum atomic E-state index is 5.84. The highest BCUT2D eigenvalue weighted by atomic mass is 32.2. The van der Waals surface area contributed by atoms with Gasteiger partial charge in [-0.2, -0.15) is 11.8 Å². The zero-order valence-corrected chi connectivity index (χ0v) is 9.28. The van der Waals surface area contributed by atoms with Gasteiger partial charge in [-0.1, -0.05) is 6.92 Å². The fourth-order valence-electron chi connectivity index (χ4n) is 2.16. The lowest BCUT2D eigenvalue weighted by Gasteiger charge is -2.29. The van der Waals surface area contributed by atoms with Crippen LogP contribution in [0.25, 0.3) is 0 Å². The number of nitrogens with two attached hydrogens (primary N) is 1. The van der Waals surface area contributed by atoms with Gasteiger partial charge in [-0.05, 0) is 25.8 Å². The van der Waals surface area contributed by atoms with Crippen LogP contribution in [0.2, 0.25) is 0 Å². The number of hydrogen-bond donors (Lipinski definition) is 1. The molecule has 1 heterocycles. The summed E-state index contributed by atoms with van der Waals surface area (Å²) in [7, 11) is 0. The Labute approximate surface area is 85.2 Å². The molecule has 0 aromatic carbocycles. The van der Waals surface area contributed by atoms with Gasteiger partial charge in [-0.15, -0.1) is 0 Å². The van der Waals surface area contributed by atoms with Crippen LogP contribution in [0.4, 0.5) is 0 Å². The van der Waals surface area contributed by atoms with Gasteiger partial charge in [0.2, 0.25) is 0 Å². The first-order valence-electron chi connectivity index (χ1n) is 5.33. The fourth-order valence-corrected chi connectivity index (χ4v) is 3.17. The molecule has 0 amide bonds. The average molecular weight is 200 g/mol. The van der Waals surface area contributed by atoms with Gasteiger partial charge >= 0.3 is 0 Å². The quantitative estimate of drug-likeness (QED) is 0.728. The molecule has 0 radical (unpaired) electrons. The maximum Gasteiger partial charge on any atom is 0.0333 e. The Morgan fingerprint density at radius 1 is 1.46 bits per heavy atom. The maximum absolute atomic E-state index is 5.84. The Morgan fingerprint density at radius 3 is 2.85 bits per heavy atom. The van der Waals surface area contributed by atoms with Crippen molar-refractivity contribution in [2.75, 3.05) is 25.4 Å². The largest absolute Gasteiger partial charge is 0.329 e. The van der Waals surface area contributed by atoms with Crippen molar-refractivity contribution >= 4 is 11.8 Å². The van der Waals surface area contributed by atoms with Crippen molar-refractivity contribution in [3.05, 3.63) is 0 Å².